The summed E-state index contributed by atoms with van der Waals surface area (Å²) in [6.07, 6.45) is 0. The molecule has 1 nitrogen and oxygen atoms in total. The zero-order chi connectivity index (χ0) is 12.8. The van der Waals surface area contributed by atoms with Crippen LogP contribution in [0.4, 0.5) is 0 Å². The zero-order valence-corrected chi connectivity index (χ0v) is 10.7. The van der Waals surface area contributed by atoms with Gasteiger partial charge in [0.25, 0.3) is 0 Å². The van der Waals surface area contributed by atoms with Gasteiger partial charge in [-0.1, -0.05) is 48.2 Å². The highest BCUT2D eigenvalue weighted by atomic mass is 16.5. The number of aryl methyl sites for hydroxylation is 2. The molecule has 0 bridgehead atoms. The molecule has 0 aromatic heterocycles. The molecule has 0 saturated heterocycles. The second kappa shape index (κ2) is 5.93. The van der Waals surface area contributed by atoms with Gasteiger partial charge in [-0.15, -0.1) is 0 Å². The lowest BCUT2D eigenvalue weighted by molar-refractivity contribution is 0.367. The first-order valence-electron chi connectivity index (χ1n) is 6.00. The van der Waals surface area contributed by atoms with Crippen molar-refractivity contribution in [2.45, 2.75) is 13.8 Å². The molecule has 90 valence electrons. The number of para-hydroxylation sites is 1. The normalized spacial score (nSPS) is 9.44. The predicted molar refractivity (Wildman–Crippen MR) is 74.7 cm³/mol. The van der Waals surface area contributed by atoms with Gasteiger partial charge < -0.3 is 4.74 Å². The lowest BCUT2D eigenvalue weighted by Crippen LogP contribution is -1.95. The molecule has 0 aliphatic carbocycles. The third-order valence-corrected chi connectivity index (χ3v) is 2.76. The first kappa shape index (κ1) is 12.3. The largest absolute Gasteiger partial charge is 0.481 e. The lowest BCUT2D eigenvalue weighted by Gasteiger charge is -2.04. The third-order valence-electron chi connectivity index (χ3n) is 2.76. The molecular weight excluding hydrogens is 220 g/mol. The van der Waals surface area contributed by atoms with E-state index in [0.29, 0.717) is 6.61 Å². The summed E-state index contributed by atoms with van der Waals surface area (Å²) in [5.74, 6) is 7.07. The summed E-state index contributed by atoms with van der Waals surface area (Å²) in [6, 6.07) is 16.1. The van der Waals surface area contributed by atoms with Crippen molar-refractivity contribution in [3.8, 4) is 17.6 Å². The van der Waals surface area contributed by atoms with Gasteiger partial charge >= 0.3 is 0 Å². The van der Waals surface area contributed by atoms with Gasteiger partial charge in [-0.3, -0.25) is 0 Å². The molecule has 1 heteroatoms. The summed E-state index contributed by atoms with van der Waals surface area (Å²) in [7, 11) is 0. The van der Waals surface area contributed by atoms with Crippen LogP contribution in [0.1, 0.15) is 16.7 Å². The van der Waals surface area contributed by atoms with Crippen LogP contribution in [0.3, 0.4) is 0 Å². The maximum atomic E-state index is 5.62. The fraction of sp³-hybridized carbons (Fsp3) is 0.176. The Morgan fingerprint density at radius 2 is 1.56 bits per heavy atom. The van der Waals surface area contributed by atoms with Crippen molar-refractivity contribution in [1.82, 2.24) is 0 Å². The van der Waals surface area contributed by atoms with Crippen LogP contribution in [-0.4, -0.2) is 6.61 Å². The molecule has 0 fully saturated rings. The first-order valence-corrected chi connectivity index (χ1v) is 6.00. The first-order chi connectivity index (χ1) is 8.77. The molecule has 2 aromatic rings. The van der Waals surface area contributed by atoms with Crippen molar-refractivity contribution in [3.63, 3.8) is 0 Å². The van der Waals surface area contributed by atoms with Crippen molar-refractivity contribution >= 4 is 0 Å². The van der Waals surface area contributed by atoms with Crippen LogP contribution >= 0.6 is 0 Å². The molecule has 2 aromatic carbocycles. The third kappa shape index (κ3) is 3.15. The molecular formula is C17H16O. The van der Waals surface area contributed by atoms with E-state index in [9.17, 15) is 0 Å². The van der Waals surface area contributed by atoms with Crippen LogP contribution in [0.2, 0.25) is 0 Å². The summed E-state index contributed by atoms with van der Waals surface area (Å²) in [6.45, 7) is 4.51. The van der Waals surface area contributed by atoms with E-state index in [2.05, 4.69) is 24.8 Å². The Morgan fingerprint density at radius 3 is 2.28 bits per heavy atom. The van der Waals surface area contributed by atoms with Crippen molar-refractivity contribution in [1.29, 1.82) is 0 Å². The van der Waals surface area contributed by atoms with Crippen LogP contribution in [0.25, 0.3) is 0 Å². The SMILES string of the molecule is Cc1ccccc1C#CCOc1ccccc1C. The Bertz CT molecular complexity index is 588. The summed E-state index contributed by atoms with van der Waals surface area (Å²) in [5, 5.41) is 0. The van der Waals surface area contributed by atoms with E-state index in [4.69, 9.17) is 4.74 Å². The predicted octanol–water partition coefficient (Wildman–Crippen LogP) is 3.73. The van der Waals surface area contributed by atoms with E-state index < -0.39 is 0 Å². The summed E-state index contributed by atoms with van der Waals surface area (Å²) < 4.78 is 5.62. The topological polar surface area (TPSA) is 9.23 Å². The van der Waals surface area contributed by atoms with Gasteiger partial charge in [-0.2, -0.15) is 0 Å². The monoisotopic (exact) mass is 236 g/mol. The standard InChI is InChI=1S/C17H16O/c1-14-8-3-5-10-16(14)11-7-13-18-17-12-6-4-9-15(17)2/h3-6,8-10,12H,13H2,1-2H3. The van der Waals surface area contributed by atoms with Gasteiger partial charge in [-0.25, -0.2) is 0 Å². The summed E-state index contributed by atoms with van der Waals surface area (Å²) in [5.41, 5.74) is 3.39. The Hall–Kier alpha value is -2.20. The molecule has 0 aliphatic heterocycles. The van der Waals surface area contributed by atoms with Crippen molar-refractivity contribution in [2.24, 2.45) is 0 Å². The minimum Gasteiger partial charge on any atom is -0.481 e. The van der Waals surface area contributed by atoms with E-state index in [1.54, 1.807) is 0 Å². The van der Waals surface area contributed by atoms with Crippen LogP contribution < -0.4 is 4.74 Å². The average Bonchev–Trinajstić information content (AvgIpc) is 2.38. The highest BCUT2D eigenvalue weighted by molar-refractivity contribution is 5.40. The molecule has 18 heavy (non-hydrogen) atoms. The lowest BCUT2D eigenvalue weighted by atomic mass is 10.1. The summed E-state index contributed by atoms with van der Waals surface area (Å²) >= 11 is 0. The average molecular weight is 236 g/mol. The minimum atomic E-state index is 0.416. The molecule has 0 saturated carbocycles. The van der Waals surface area contributed by atoms with E-state index in [-0.39, 0.29) is 0 Å². The van der Waals surface area contributed by atoms with Gasteiger partial charge in [0.05, 0.1) is 0 Å². The highest BCUT2D eigenvalue weighted by Gasteiger charge is 1.95. The Balaban J connectivity index is 1.98. The molecule has 0 N–H and O–H groups in total. The number of benzene rings is 2. The second-order valence-electron chi connectivity index (χ2n) is 4.17. The van der Waals surface area contributed by atoms with E-state index >= 15 is 0 Å². The molecule has 0 unspecified atom stereocenters. The second-order valence-corrected chi connectivity index (χ2v) is 4.17. The zero-order valence-electron chi connectivity index (χ0n) is 10.7. The van der Waals surface area contributed by atoms with Gasteiger partial charge in [0.2, 0.25) is 0 Å². The van der Waals surface area contributed by atoms with Gasteiger partial charge in [-0.05, 0) is 37.1 Å². The van der Waals surface area contributed by atoms with Crippen LogP contribution in [-0.2, 0) is 0 Å². The van der Waals surface area contributed by atoms with E-state index in [0.717, 1.165) is 16.9 Å². The minimum absolute atomic E-state index is 0.416. The van der Waals surface area contributed by atoms with Crippen molar-refractivity contribution < 1.29 is 4.74 Å². The molecule has 0 atom stereocenters. The maximum Gasteiger partial charge on any atom is 0.149 e. The van der Waals surface area contributed by atoms with E-state index in [1.165, 1.54) is 5.56 Å². The van der Waals surface area contributed by atoms with E-state index in [1.807, 2.05) is 49.4 Å². The molecule has 0 spiro atoms. The number of hydrogen-bond donors (Lipinski definition) is 0. The molecule has 0 aliphatic rings. The summed E-state index contributed by atoms with van der Waals surface area (Å²) in [4.78, 5) is 0. The molecule has 2 rings (SSSR count). The number of rotatable bonds is 2. The quantitative estimate of drug-likeness (QED) is 0.722. The molecule has 0 heterocycles. The van der Waals surface area contributed by atoms with Crippen LogP contribution in [0, 0.1) is 25.7 Å². The Kier molecular flexibility index (Phi) is 4.04. The molecule has 0 radical (unpaired) electrons. The Labute approximate surface area is 108 Å². The fourth-order valence-electron chi connectivity index (χ4n) is 1.68. The van der Waals surface area contributed by atoms with Gasteiger partial charge in [0.15, 0.2) is 0 Å². The highest BCUT2D eigenvalue weighted by Crippen LogP contribution is 2.15. The number of hydrogen-bond acceptors (Lipinski definition) is 1. The Morgan fingerprint density at radius 1 is 0.889 bits per heavy atom. The van der Waals surface area contributed by atoms with Crippen molar-refractivity contribution in [2.75, 3.05) is 6.61 Å². The van der Waals surface area contributed by atoms with Gasteiger partial charge in [0.1, 0.15) is 12.4 Å². The number of ether oxygens (including phenoxy) is 1. The van der Waals surface area contributed by atoms with Crippen LogP contribution in [0.5, 0.6) is 5.75 Å². The fourth-order valence-corrected chi connectivity index (χ4v) is 1.68. The molecule has 0 amide bonds. The maximum absolute atomic E-state index is 5.62. The smallest absolute Gasteiger partial charge is 0.149 e. The van der Waals surface area contributed by atoms with Crippen LogP contribution in [0.15, 0.2) is 48.5 Å². The van der Waals surface area contributed by atoms with Crippen molar-refractivity contribution in [3.05, 3.63) is 65.2 Å². The van der Waals surface area contributed by atoms with Gasteiger partial charge in [0, 0.05) is 5.56 Å².